The number of benzene rings is 1. The van der Waals surface area contributed by atoms with Crippen LogP contribution >= 0.6 is 0 Å². The molecule has 2 amide bonds. The van der Waals surface area contributed by atoms with E-state index < -0.39 is 0 Å². The van der Waals surface area contributed by atoms with E-state index in [-0.39, 0.29) is 6.03 Å². The molecule has 118 valence electrons. The molecule has 0 radical (unpaired) electrons. The summed E-state index contributed by atoms with van der Waals surface area (Å²) < 4.78 is 1.88. The van der Waals surface area contributed by atoms with Crippen LogP contribution in [0.15, 0.2) is 42.7 Å². The smallest absolute Gasteiger partial charge is 0.315 e. The third-order valence-corrected chi connectivity index (χ3v) is 3.52. The van der Waals surface area contributed by atoms with Crippen molar-refractivity contribution >= 4 is 6.03 Å². The van der Waals surface area contributed by atoms with Gasteiger partial charge in [-0.05, 0) is 23.6 Å². The molecule has 0 saturated carbocycles. The van der Waals surface area contributed by atoms with E-state index in [1.807, 2.05) is 35.1 Å². The molecule has 0 aliphatic carbocycles. The van der Waals surface area contributed by atoms with Crippen molar-refractivity contribution in [1.82, 2.24) is 20.4 Å². The van der Waals surface area contributed by atoms with Gasteiger partial charge in [0.15, 0.2) is 0 Å². The number of nitrogens with one attached hydrogen (secondary N) is 2. The molecule has 2 N–H and O–H groups in total. The summed E-state index contributed by atoms with van der Waals surface area (Å²) in [6, 6.07) is 9.90. The van der Waals surface area contributed by atoms with E-state index in [0.29, 0.717) is 13.1 Å². The number of urea groups is 1. The Balaban J connectivity index is 1.83. The average molecular weight is 300 g/mol. The largest absolute Gasteiger partial charge is 0.338 e. The summed E-state index contributed by atoms with van der Waals surface area (Å²) in [5.41, 5.74) is 2.28. The predicted molar refractivity (Wildman–Crippen MR) is 87.5 cm³/mol. The molecule has 0 unspecified atom stereocenters. The highest BCUT2D eigenvalue weighted by Gasteiger charge is 2.05. The highest BCUT2D eigenvalue weighted by molar-refractivity contribution is 5.73. The summed E-state index contributed by atoms with van der Waals surface area (Å²) in [6.45, 7) is 4.12. The van der Waals surface area contributed by atoms with Crippen molar-refractivity contribution in [2.75, 3.05) is 6.54 Å². The van der Waals surface area contributed by atoms with Crippen LogP contribution in [0.1, 0.15) is 37.3 Å². The molecule has 2 aromatic rings. The Morgan fingerprint density at radius 2 is 1.95 bits per heavy atom. The van der Waals surface area contributed by atoms with Crippen LogP contribution < -0.4 is 10.6 Å². The van der Waals surface area contributed by atoms with Gasteiger partial charge in [0.05, 0.1) is 6.54 Å². The van der Waals surface area contributed by atoms with Gasteiger partial charge in [-0.3, -0.25) is 4.68 Å². The molecule has 1 aromatic carbocycles. The van der Waals surface area contributed by atoms with E-state index in [2.05, 4.69) is 28.7 Å². The fourth-order valence-corrected chi connectivity index (χ4v) is 2.27. The van der Waals surface area contributed by atoms with E-state index in [0.717, 1.165) is 36.9 Å². The number of unbranched alkanes of at least 4 members (excludes halogenated alkanes) is 2. The highest BCUT2D eigenvalue weighted by Crippen LogP contribution is 2.10. The van der Waals surface area contributed by atoms with Gasteiger partial charge in [-0.25, -0.2) is 4.79 Å². The van der Waals surface area contributed by atoms with E-state index in [1.165, 1.54) is 0 Å². The van der Waals surface area contributed by atoms with Crippen molar-refractivity contribution in [3.05, 3.63) is 53.9 Å². The van der Waals surface area contributed by atoms with Gasteiger partial charge >= 0.3 is 6.03 Å². The van der Waals surface area contributed by atoms with Crippen LogP contribution in [0.5, 0.6) is 0 Å². The minimum absolute atomic E-state index is 0.106. The molecule has 22 heavy (non-hydrogen) atoms. The Hall–Kier alpha value is -2.30. The summed E-state index contributed by atoms with van der Waals surface area (Å²) in [6.07, 6.45) is 7.03. The number of nitrogens with zero attached hydrogens (tertiary/aromatic N) is 2. The Morgan fingerprint density at radius 3 is 2.68 bits per heavy atom. The summed E-state index contributed by atoms with van der Waals surface area (Å²) in [5, 5.41) is 10.0. The van der Waals surface area contributed by atoms with Crippen LogP contribution in [-0.2, 0) is 13.1 Å². The minimum Gasteiger partial charge on any atom is -0.338 e. The van der Waals surface area contributed by atoms with Crippen LogP contribution in [-0.4, -0.2) is 22.4 Å². The van der Waals surface area contributed by atoms with Crippen molar-refractivity contribution in [3.63, 3.8) is 0 Å². The Labute approximate surface area is 131 Å². The number of amides is 2. The number of aromatic nitrogens is 2. The summed E-state index contributed by atoms with van der Waals surface area (Å²) in [5.74, 6) is 0. The highest BCUT2D eigenvalue weighted by atomic mass is 16.2. The number of carbonyl (C=O) groups is 1. The lowest BCUT2D eigenvalue weighted by Gasteiger charge is -2.11. The van der Waals surface area contributed by atoms with Gasteiger partial charge in [-0.15, -0.1) is 0 Å². The minimum atomic E-state index is -0.106. The van der Waals surface area contributed by atoms with Crippen LogP contribution in [0.3, 0.4) is 0 Å². The van der Waals surface area contributed by atoms with Gasteiger partial charge in [0.2, 0.25) is 0 Å². The van der Waals surface area contributed by atoms with Crippen LogP contribution in [0.25, 0.3) is 0 Å². The van der Waals surface area contributed by atoms with E-state index in [1.54, 1.807) is 6.20 Å². The van der Waals surface area contributed by atoms with Crippen LogP contribution in [0.2, 0.25) is 0 Å². The lowest BCUT2D eigenvalue weighted by Crippen LogP contribution is -2.35. The molecular weight excluding hydrogens is 276 g/mol. The molecular formula is C17H24N4O. The summed E-state index contributed by atoms with van der Waals surface area (Å²) in [4.78, 5) is 11.8. The second kappa shape index (κ2) is 8.87. The zero-order chi connectivity index (χ0) is 15.6. The molecule has 0 aliphatic heterocycles. The molecule has 0 saturated heterocycles. The maximum Gasteiger partial charge on any atom is 0.315 e. The topological polar surface area (TPSA) is 59.0 Å². The Morgan fingerprint density at radius 1 is 1.14 bits per heavy atom. The van der Waals surface area contributed by atoms with E-state index in [9.17, 15) is 4.79 Å². The molecule has 1 heterocycles. The fraction of sp³-hybridized carbons (Fsp3) is 0.412. The summed E-state index contributed by atoms with van der Waals surface area (Å²) >= 11 is 0. The third kappa shape index (κ3) is 5.24. The number of carbonyl (C=O) groups excluding carboxylic acids is 1. The Kier molecular flexibility index (Phi) is 6.48. The molecule has 0 spiro atoms. The summed E-state index contributed by atoms with van der Waals surface area (Å²) in [7, 11) is 0. The van der Waals surface area contributed by atoms with Crippen LogP contribution in [0.4, 0.5) is 4.79 Å². The second-order valence-corrected chi connectivity index (χ2v) is 5.29. The van der Waals surface area contributed by atoms with Crippen LogP contribution in [0, 0.1) is 0 Å². The van der Waals surface area contributed by atoms with Crippen molar-refractivity contribution < 1.29 is 4.79 Å². The standard InChI is InChI=1S/C17H24N4O/c1-2-3-6-10-18-17(22)19-13-15-8-4-5-9-16(15)14-21-12-7-11-20-21/h4-5,7-9,11-12H,2-3,6,10,13-14H2,1H3,(H2,18,19,22). The first-order valence-electron chi connectivity index (χ1n) is 7.85. The first-order chi connectivity index (χ1) is 10.8. The second-order valence-electron chi connectivity index (χ2n) is 5.29. The van der Waals surface area contributed by atoms with Gasteiger partial charge in [0, 0.05) is 25.5 Å². The zero-order valence-corrected chi connectivity index (χ0v) is 13.1. The Bertz CT molecular complexity index is 566. The maximum absolute atomic E-state index is 11.8. The van der Waals surface area contributed by atoms with Gasteiger partial charge in [-0.1, -0.05) is 44.0 Å². The van der Waals surface area contributed by atoms with Gasteiger partial charge in [-0.2, -0.15) is 5.10 Å². The molecule has 5 nitrogen and oxygen atoms in total. The normalized spacial score (nSPS) is 10.4. The molecule has 1 aromatic heterocycles. The van der Waals surface area contributed by atoms with Gasteiger partial charge in [0.25, 0.3) is 0 Å². The molecule has 0 aliphatic rings. The van der Waals surface area contributed by atoms with E-state index in [4.69, 9.17) is 0 Å². The van der Waals surface area contributed by atoms with Gasteiger partial charge in [0.1, 0.15) is 0 Å². The number of rotatable bonds is 8. The first-order valence-corrected chi connectivity index (χ1v) is 7.85. The van der Waals surface area contributed by atoms with Crippen molar-refractivity contribution in [1.29, 1.82) is 0 Å². The SMILES string of the molecule is CCCCCNC(=O)NCc1ccccc1Cn1cccn1. The van der Waals surface area contributed by atoms with Crippen molar-refractivity contribution in [2.24, 2.45) is 0 Å². The lowest BCUT2D eigenvalue weighted by molar-refractivity contribution is 0.240. The van der Waals surface area contributed by atoms with Crippen molar-refractivity contribution in [2.45, 2.75) is 39.3 Å². The number of hydrogen-bond acceptors (Lipinski definition) is 2. The van der Waals surface area contributed by atoms with Gasteiger partial charge < -0.3 is 10.6 Å². The molecule has 5 heteroatoms. The quantitative estimate of drug-likeness (QED) is 0.736. The monoisotopic (exact) mass is 300 g/mol. The first kappa shape index (κ1) is 16.1. The number of hydrogen-bond donors (Lipinski definition) is 2. The molecule has 0 bridgehead atoms. The average Bonchev–Trinajstić information content (AvgIpc) is 3.04. The predicted octanol–water partition coefficient (Wildman–Crippen LogP) is 2.92. The lowest BCUT2D eigenvalue weighted by atomic mass is 10.1. The maximum atomic E-state index is 11.8. The van der Waals surface area contributed by atoms with E-state index >= 15 is 0 Å². The zero-order valence-electron chi connectivity index (χ0n) is 13.1. The molecule has 0 fully saturated rings. The fourth-order valence-electron chi connectivity index (χ4n) is 2.27. The molecule has 2 rings (SSSR count). The molecule has 0 atom stereocenters. The van der Waals surface area contributed by atoms with Crippen molar-refractivity contribution in [3.8, 4) is 0 Å². The third-order valence-electron chi connectivity index (χ3n) is 3.52.